The maximum Gasteiger partial charge on any atom is 0.141 e. The number of aryl methyl sites for hydroxylation is 2. The number of aliphatic hydroxyl groups is 1. The van der Waals surface area contributed by atoms with Crippen molar-refractivity contribution >= 4 is 5.69 Å². The van der Waals surface area contributed by atoms with Crippen molar-refractivity contribution in [1.29, 1.82) is 0 Å². The van der Waals surface area contributed by atoms with Crippen molar-refractivity contribution < 1.29 is 9.84 Å². The summed E-state index contributed by atoms with van der Waals surface area (Å²) in [4.78, 5) is 0. The van der Waals surface area contributed by atoms with Gasteiger partial charge < -0.3 is 15.6 Å². The monoisotopic (exact) mass is 257 g/mol. The molecule has 19 heavy (non-hydrogen) atoms. The topological polar surface area (TPSA) is 55.5 Å². The highest BCUT2D eigenvalue weighted by Gasteiger charge is 2.12. The van der Waals surface area contributed by atoms with Crippen LogP contribution in [0.25, 0.3) is 0 Å². The molecule has 3 N–H and O–H groups in total. The maximum atomic E-state index is 10.4. The zero-order chi connectivity index (χ0) is 14.0. The molecule has 0 bridgehead atoms. The number of anilines is 1. The number of hydrogen-bond acceptors (Lipinski definition) is 3. The fraction of sp³-hybridized carbons (Fsp3) is 0.250. The van der Waals surface area contributed by atoms with Crippen LogP contribution in [0, 0.1) is 13.8 Å². The van der Waals surface area contributed by atoms with E-state index in [1.165, 1.54) is 5.56 Å². The summed E-state index contributed by atoms with van der Waals surface area (Å²) >= 11 is 0. The number of hydrogen-bond donors (Lipinski definition) is 2. The van der Waals surface area contributed by atoms with Gasteiger partial charge in [0.15, 0.2) is 0 Å². The van der Waals surface area contributed by atoms with Gasteiger partial charge >= 0.3 is 0 Å². The molecule has 100 valence electrons. The summed E-state index contributed by atoms with van der Waals surface area (Å²) in [5, 5.41) is 10.4. The molecule has 0 spiro atoms. The van der Waals surface area contributed by atoms with Crippen LogP contribution in [-0.4, -0.2) is 12.2 Å². The van der Waals surface area contributed by atoms with E-state index in [9.17, 15) is 5.11 Å². The Morgan fingerprint density at radius 1 is 1.00 bits per heavy atom. The molecule has 0 fully saturated rings. The predicted octanol–water partition coefficient (Wildman–Crippen LogP) is 2.98. The van der Waals surface area contributed by atoms with Crippen LogP contribution in [-0.2, 0) is 0 Å². The molecule has 3 heteroatoms. The van der Waals surface area contributed by atoms with Gasteiger partial charge in [0.05, 0.1) is 12.8 Å². The Kier molecular flexibility index (Phi) is 3.76. The molecule has 0 saturated heterocycles. The summed E-state index contributed by atoms with van der Waals surface area (Å²) < 4.78 is 5.11. The van der Waals surface area contributed by atoms with E-state index >= 15 is 0 Å². The quantitative estimate of drug-likeness (QED) is 0.831. The van der Waals surface area contributed by atoms with Crippen LogP contribution in [0.5, 0.6) is 5.75 Å². The van der Waals surface area contributed by atoms with Crippen LogP contribution in [0.1, 0.15) is 28.4 Å². The van der Waals surface area contributed by atoms with Crippen LogP contribution < -0.4 is 10.5 Å². The number of ether oxygens (including phenoxy) is 1. The third-order valence-corrected chi connectivity index (χ3v) is 3.42. The van der Waals surface area contributed by atoms with Crippen molar-refractivity contribution in [3.05, 3.63) is 58.7 Å². The maximum absolute atomic E-state index is 10.4. The number of methoxy groups -OCH3 is 1. The lowest BCUT2D eigenvalue weighted by atomic mass is 9.97. The average Bonchev–Trinajstić information content (AvgIpc) is 2.41. The molecule has 0 unspecified atom stereocenters. The van der Waals surface area contributed by atoms with Crippen LogP contribution in [0.15, 0.2) is 36.4 Å². The molecule has 1 atom stereocenters. The summed E-state index contributed by atoms with van der Waals surface area (Å²) in [5.74, 6) is 0.621. The Morgan fingerprint density at radius 2 is 1.63 bits per heavy atom. The Bertz CT molecular complexity index is 593. The molecule has 0 aliphatic carbocycles. The van der Waals surface area contributed by atoms with Crippen LogP contribution in [0.3, 0.4) is 0 Å². The second-order valence-electron chi connectivity index (χ2n) is 4.75. The van der Waals surface area contributed by atoms with Crippen molar-refractivity contribution in [3.63, 3.8) is 0 Å². The van der Waals surface area contributed by atoms with Crippen molar-refractivity contribution in [1.82, 2.24) is 0 Å². The second-order valence-corrected chi connectivity index (χ2v) is 4.75. The molecule has 2 aromatic rings. The van der Waals surface area contributed by atoms with Gasteiger partial charge in [-0.1, -0.05) is 24.3 Å². The van der Waals surface area contributed by atoms with Crippen molar-refractivity contribution in [3.8, 4) is 5.75 Å². The van der Waals surface area contributed by atoms with Gasteiger partial charge in [-0.2, -0.15) is 0 Å². The molecule has 0 heterocycles. The zero-order valence-corrected chi connectivity index (χ0v) is 11.5. The molecule has 0 radical (unpaired) electrons. The SMILES string of the molecule is COc1ccc([C@@H](O)c2ccc(C)c(C)c2)cc1N. The van der Waals surface area contributed by atoms with Crippen molar-refractivity contribution in [2.45, 2.75) is 20.0 Å². The first-order valence-corrected chi connectivity index (χ1v) is 6.21. The Labute approximate surface area is 113 Å². The molecule has 0 aliphatic rings. The standard InChI is InChI=1S/C16H19NO2/c1-10-4-5-12(8-11(10)2)16(18)13-6-7-15(19-3)14(17)9-13/h4-9,16,18H,17H2,1-3H3/t16-/m0/s1. The van der Waals surface area contributed by atoms with E-state index in [-0.39, 0.29) is 0 Å². The fourth-order valence-corrected chi connectivity index (χ4v) is 2.05. The Balaban J connectivity index is 2.35. The van der Waals surface area contributed by atoms with Crippen LogP contribution in [0.4, 0.5) is 5.69 Å². The first-order valence-electron chi connectivity index (χ1n) is 6.21. The van der Waals surface area contributed by atoms with Gasteiger partial charge in [0.25, 0.3) is 0 Å². The minimum Gasteiger partial charge on any atom is -0.495 e. The van der Waals surface area contributed by atoms with Gasteiger partial charge in [0, 0.05) is 0 Å². The van der Waals surface area contributed by atoms with Gasteiger partial charge in [-0.05, 0) is 48.2 Å². The van der Waals surface area contributed by atoms with Gasteiger partial charge in [-0.25, -0.2) is 0 Å². The first kappa shape index (κ1) is 13.4. The van der Waals surface area contributed by atoms with E-state index in [1.54, 1.807) is 19.2 Å². The number of benzene rings is 2. The molecule has 2 aromatic carbocycles. The van der Waals surface area contributed by atoms with E-state index < -0.39 is 6.10 Å². The number of rotatable bonds is 3. The van der Waals surface area contributed by atoms with Crippen LogP contribution >= 0.6 is 0 Å². The first-order chi connectivity index (χ1) is 9.02. The molecule has 2 rings (SSSR count). The average molecular weight is 257 g/mol. The second kappa shape index (κ2) is 5.33. The van der Waals surface area contributed by atoms with E-state index in [0.717, 1.165) is 16.7 Å². The molecular weight excluding hydrogens is 238 g/mol. The van der Waals surface area contributed by atoms with E-state index in [1.807, 2.05) is 31.2 Å². The van der Waals surface area contributed by atoms with Gasteiger partial charge in [-0.15, -0.1) is 0 Å². The van der Waals surface area contributed by atoms with Crippen LogP contribution in [0.2, 0.25) is 0 Å². The van der Waals surface area contributed by atoms with Gasteiger partial charge in [0.1, 0.15) is 11.9 Å². The summed E-state index contributed by atoms with van der Waals surface area (Å²) in [6.45, 7) is 4.09. The lowest BCUT2D eigenvalue weighted by Crippen LogP contribution is -2.02. The van der Waals surface area contributed by atoms with E-state index in [4.69, 9.17) is 10.5 Å². The summed E-state index contributed by atoms with van der Waals surface area (Å²) in [5.41, 5.74) is 10.4. The normalized spacial score (nSPS) is 12.2. The lowest BCUT2D eigenvalue weighted by Gasteiger charge is -2.15. The fourth-order valence-electron chi connectivity index (χ4n) is 2.05. The zero-order valence-electron chi connectivity index (χ0n) is 11.5. The molecule has 0 amide bonds. The lowest BCUT2D eigenvalue weighted by molar-refractivity contribution is 0.220. The van der Waals surface area contributed by atoms with Crippen molar-refractivity contribution in [2.24, 2.45) is 0 Å². The van der Waals surface area contributed by atoms with Crippen molar-refractivity contribution in [2.75, 3.05) is 12.8 Å². The summed E-state index contributed by atoms with van der Waals surface area (Å²) in [6.07, 6.45) is -0.674. The number of nitrogen functional groups attached to an aromatic ring is 1. The minimum absolute atomic E-state index is 0.530. The number of nitrogens with two attached hydrogens (primary N) is 1. The van der Waals surface area contributed by atoms with Gasteiger partial charge in [-0.3, -0.25) is 0 Å². The molecular formula is C16H19NO2. The highest BCUT2D eigenvalue weighted by molar-refractivity contribution is 5.55. The predicted molar refractivity (Wildman–Crippen MR) is 77.4 cm³/mol. The summed E-state index contributed by atoms with van der Waals surface area (Å²) in [7, 11) is 1.57. The highest BCUT2D eigenvalue weighted by atomic mass is 16.5. The third-order valence-electron chi connectivity index (χ3n) is 3.42. The largest absolute Gasteiger partial charge is 0.495 e. The third kappa shape index (κ3) is 2.71. The smallest absolute Gasteiger partial charge is 0.141 e. The highest BCUT2D eigenvalue weighted by Crippen LogP contribution is 2.29. The molecule has 0 saturated carbocycles. The van der Waals surface area contributed by atoms with E-state index in [2.05, 4.69) is 6.92 Å². The molecule has 0 aromatic heterocycles. The van der Waals surface area contributed by atoms with Gasteiger partial charge in [0.2, 0.25) is 0 Å². The Hall–Kier alpha value is -2.00. The molecule has 3 nitrogen and oxygen atoms in total. The Morgan fingerprint density at radius 3 is 2.21 bits per heavy atom. The van der Waals surface area contributed by atoms with E-state index in [0.29, 0.717) is 11.4 Å². The summed E-state index contributed by atoms with van der Waals surface area (Å²) in [6, 6.07) is 11.3. The number of aliphatic hydroxyl groups excluding tert-OH is 1. The minimum atomic E-state index is -0.674. The molecule has 0 aliphatic heterocycles.